The molecule has 16 heteroatoms. The number of para-hydroxylation sites is 1. The van der Waals surface area contributed by atoms with Gasteiger partial charge in [-0.3, -0.25) is 14.4 Å². The van der Waals surface area contributed by atoms with Crippen LogP contribution in [0, 0.1) is 11.8 Å². The van der Waals surface area contributed by atoms with E-state index < -0.39 is 42.3 Å². The first-order valence-corrected chi connectivity index (χ1v) is 19.8. The highest BCUT2D eigenvalue weighted by Crippen LogP contribution is 2.34. The molecule has 0 aliphatic heterocycles. The van der Waals surface area contributed by atoms with E-state index in [-0.39, 0.29) is 36.5 Å². The van der Waals surface area contributed by atoms with Gasteiger partial charge in [0.2, 0.25) is 5.13 Å². The van der Waals surface area contributed by atoms with Crippen LogP contribution in [0.4, 0.5) is 18.3 Å². The van der Waals surface area contributed by atoms with E-state index in [1.54, 1.807) is 36.4 Å². The van der Waals surface area contributed by atoms with Crippen LogP contribution in [0.25, 0.3) is 10.2 Å². The number of thiazole rings is 1. The van der Waals surface area contributed by atoms with Gasteiger partial charge in [-0.15, -0.1) is 0 Å². The van der Waals surface area contributed by atoms with Crippen LogP contribution in [0.3, 0.4) is 0 Å². The predicted molar refractivity (Wildman–Crippen MR) is 211 cm³/mol. The van der Waals surface area contributed by atoms with Crippen molar-refractivity contribution in [1.29, 1.82) is 0 Å². The zero-order chi connectivity index (χ0) is 41.3. The van der Waals surface area contributed by atoms with Crippen molar-refractivity contribution in [2.75, 3.05) is 24.8 Å². The number of rotatable bonds is 21. The number of carbonyl (C=O) groups is 4. The fourth-order valence-corrected chi connectivity index (χ4v) is 7.07. The molecule has 308 valence electrons. The van der Waals surface area contributed by atoms with Gasteiger partial charge in [0.1, 0.15) is 23.0 Å². The first-order chi connectivity index (χ1) is 28.0. The summed E-state index contributed by atoms with van der Waals surface area (Å²) in [6, 6.07) is 18.4. The molecule has 0 N–H and O–H groups in total. The Morgan fingerprint density at radius 3 is 2.17 bits per heavy atom. The number of ether oxygens (including phenoxy) is 5. The highest BCUT2D eigenvalue weighted by molar-refractivity contribution is 7.22. The minimum Gasteiger partial charge on any atom is -0.494 e. The van der Waals surface area contributed by atoms with Crippen LogP contribution in [0.15, 0.2) is 84.5 Å². The lowest BCUT2D eigenvalue weighted by molar-refractivity contribution is -0.145. The van der Waals surface area contributed by atoms with Gasteiger partial charge >= 0.3 is 24.1 Å². The van der Waals surface area contributed by atoms with Gasteiger partial charge in [0.15, 0.2) is 0 Å². The summed E-state index contributed by atoms with van der Waals surface area (Å²) in [5.41, 5.74) is 0.906. The fraction of sp³-hybridized carbons (Fsp3) is 0.381. The van der Waals surface area contributed by atoms with Crippen LogP contribution in [0.5, 0.6) is 23.0 Å². The second-order valence-electron chi connectivity index (χ2n) is 13.5. The minimum absolute atomic E-state index is 0.0951. The molecule has 0 bridgehead atoms. The third-order valence-corrected chi connectivity index (χ3v) is 10.2. The zero-order valence-electron chi connectivity index (χ0n) is 31.7. The summed E-state index contributed by atoms with van der Waals surface area (Å²) in [5.74, 6) is -0.994. The lowest BCUT2D eigenvalue weighted by Gasteiger charge is -2.26. The summed E-state index contributed by atoms with van der Waals surface area (Å²) in [5, 5.41) is 6.18. The molecule has 0 spiro atoms. The molecule has 0 radical (unpaired) electrons. The Labute approximate surface area is 337 Å². The molecular formula is C42H44F3N3O9S. The molecule has 0 saturated heterocycles. The molecule has 0 atom stereocenters. The van der Waals surface area contributed by atoms with Gasteiger partial charge in [-0.25, -0.2) is 14.8 Å². The van der Waals surface area contributed by atoms with Crippen LogP contribution in [-0.2, 0) is 23.9 Å². The number of alkyl halides is 3. The SMILES string of the molecule is C=CC(=O)OCCCCCCOc1ccc(OC(=O)[C@H]2CC[C@H](C(=O)Oc3ccc(OC=O)cc3/C=N/N(CCCC(F)(F)F)c3nc4ccccc4s3)CC2)cc1. The van der Waals surface area contributed by atoms with Gasteiger partial charge in [0.05, 0.1) is 41.5 Å². The molecule has 0 unspecified atom stereocenters. The number of hydrazone groups is 1. The van der Waals surface area contributed by atoms with E-state index in [4.69, 9.17) is 23.7 Å². The van der Waals surface area contributed by atoms with Crippen LogP contribution < -0.4 is 24.0 Å². The number of esters is 3. The van der Waals surface area contributed by atoms with Crippen molar-refractivity contribution in [2.45, 2.75) is 70.4 Å². The molecule has 3 aromatic carbocycles. The maximum absolute atomic E-state index is 13.4. The van der Waals surface area contributed by atoms with Crippen LogP contribution in [-0.4, -0.2) is 61.5 Å². The van der Waals surface area contributed by atoms with E-state index in [2.05, 4.69) is 16.7 Å². The first kappa shape index (κ1) is 43.4. The molecule has 12 nitrogen and oxygen atoms in total. The molecule has 1 fully saturated rings. The Hall–Kier alpha value is -5.77. The maximum Gasteiger partial charge on any atom is 0.389 e. The number of anilines is 1. The maximum atomic E-state index is 13.4. The monoisotopic (exact) mass is 823 g/mol. The summed E-state index contributed by atoms with van der Waals surface area (Å²) in [7, 11) is 0. The van der Waals surface area contributed by atoms with Gasteiger partial charge in [-0.05, 0) is 112 Å². The van der Waals surface area contributed by atoms with Crippen molar-refractivity contribution in [3.63, 3.8) is 0 Å². The van der Waals surface area contributed by atoms with Gasteiger partial charge in [0, 0.05) is 24.6 Å². The van der Waals surface area contributed by atoms with E-state index in [9.17, 15) is 32.3 Å². The van der Waals surface area contributed by atoms with Crippen molar-refractivity contribution >= 4 is 57.3 Å². The normalized spacial score (nSPS) is 15.4. The Morgan fingerprint density at radius 2 is 1.50 bits per heavy atom. The number of hydrogen-bond donors (Lipinski definition) is 0. The van der Waals surface area contributed by atoms with Crippen molar-refractivity contribution in [1.82, 2.24) is 4.98 Å². The summed E-state index contributed by atoms with van der Waals surface area (Å²) in [4.78, 5) is 53.1. The van der Waals surface area contributed by atoms with Crippen molar-refractivity contribution < 1.29 is 56.0 Å². The number of fused-ring (bicyclic) bond motifs is 1. The summed E-state index contributed by atoms with van der Waals surface area (Å²) >= 11 is 1.27. The van der Waals surface area contributed by atoms with Crippen molar-refractivity contribution in [3.8, 4) is 23.0 Å². The predicted octanol–water partition coefficient (Wildman–Crippen LogP) is 9.00. The summed E-state index contributed by atoms with van der Waals surface area (Å²) < 4.78 is 67.0. The highest BCUT2D eigenvalue weighted by atomic mass is 32.1. The van der Waals surface area contributed by atoms with Gasteiger partial charge < -0.3 is 23.7 Å². The lowest BCUT2D eigenvalue weighted by Crippen LogP contribution is -2.30. The number of nitrogens with zero attached hydrogens (tertiary/aromatic N) is 3. The average molecular weight is 824 g/mol. The highest BCUT2D eigenvalue weighted by Gasteiger charge is 2.33. The Morgan fingerprint density at radius 1 is 0.845 bits per heavy atom. The van der Waals surface area contributed by atoms with E-state index in [0.29, 0.717) is 61.0 Å². The number of unbranched alkanes of at least 4 members (excludes halogenated alkanes) is 3. The topological polar surface area (TPSA) is 143 Å². The van der Waals surface area contributed by atoms with Crippen LogP contribution in [0.1, 0.15) is 69.8 Å². The van der Waals surface area contributed by atoms with Crippen LogP contribution in [0.2, 0.25) is 0 Å². The van der Waals surface area contributed by atoms with Crippen molar-refractivity contribution in [3.05, 3.63) is 84.9 Å². The molecule has 4 aromatic rings. The third kappa shape index (κ3) is 13.7. The number of carbonyl (C=O) groups excluding carboxylic acids is 4. The molecule has 5 rings (SSSR count). The third-order valence-electron chi connectivity index (χ3n) is 9.20. The molecular weight excluding hydrogens is 780 g/mol. The quantitative estimate of drug-likeness (QED) is 0.0151. The van der Waals surface area contributed by atoms with Gasteiger partial charge in [-0.1, -0.05) is 30.0 Å². The lowest BCUT2D eigenvalue weighted by atomic mass is 9.82. The second-order valence-corrected chi connectivity index (χ2v) is 14.5. The minimum atomic E-state index is -4.35. The molecule has 1 aliphatic rings. The van der Waals surface area contributed by atoms with Gasteiger partial charge in [-0.2, -0.15) is 18.3 Å². The second kappa shape index (κ2) is 21.7. The van der Waals surface area contributed by atoms with Gasteiger partial charge in [0.25, 0.3) is 6.47 Å². The largest absolute Gasteiger partial charge is 0.494 e. The van der Waals surface area contributed by atoms with E-state index in [1.165, 1.54) is 40.8 Å². The molecule has 1 saturated carbocycles. The molecule has 1 aromatic heterocycles. The average Bonchev–Trinajstić information content (AvgIpc) is 3.65. The van der Waals surface area contributed by atoms with Crippen molar-refractivity contribution in [2.24, 2.45) is 16.9 Å². The Kier molecular flexibility index (Phi) is 16.2. The molecule has 1 aliphatic carbocycles. The Balaban J connectivity index is 1.12. The summed E-state index contributed by atoms with van der Waals surface area (Å²) in [6.07, 6.45) is 1.88. The standard InChI is InChI=1S/C42H44F3N3O9S/c1-2-38(50)54-25-8-4-3-7-24-53-32-16-18-33(19-17-32)56-39(51)29-12-14-30(15-13-29)40(52)57-36-21-20-34(55-28-49)26-31(36)27-46-48(23-9-22-42(43,44)45)41-47-35-10-5-6-11-37(35)58-41/h2,5-6,10-11,16-21,26-30H,1,3-4,7-9,12-15,22-25H2/b46-27+/t29-,30-. The number of halogens is 3. The first-order valence-electron chi connectivity index (χ1n) is 18.9. The van der Waals surface area contributed by atoms with Crippen LogP contribution >= 0.6 is 11.3 Å². The summed E-state index contributed by atoms with van der Waals surface area (Å²) in [6.45, 7) is 4.39. The smallest absolute Gasteiger partial charge is 0.389 e. The van der Waals surface area contributed by atoms with E-state index in [0.717, 1.165) is 36.5 Å². The number of hydrogen-bond acceptors (Lipinski definition) is 13. The Bertz CT molecular complexity index is 2000. The molecule has 0 amide bonds. The molecule has 1 heterocycles. The van der Waals surface area contributed by atoms with E-state index >= 15 is 0 Å². The number of benzene rings is 3. The fourth-order valence-electron chi connectivity index (χ4n) is 6.12. The molecule has 58 heavy (non-hydrogen) atoms. The number of aromatic nitrogens is 1. The van der Waals surface area contributed by atoms with E-state index in [1.807, 2.05) is 12.1 Å². The zero-order valence-corrected chi connectivity index (χ0v) is 32.5.